The molecule has 7 aromatic rings. The monoisotopic (exact) mass is 1020 g/mol. The Balaban J connectivity index is 0.910. The smallest absolute Gasteiger partial charge is 0.210 e. The van der Waals surface area contributed by atoms with Gasteiger partial charge in [0, 0.05) is 114 Å². The molecule has 0 saturated carbocycles. The number of benzene rings is 7. The molecule has 362 valence electrons. The Kier molecular flexibility index (Phi) is 11.7. The molecule has 0 amide bonds. The van der Waals surface area contributed by atoms with Crippen LogP contribution in [0, 0.1) is 0 Å². The summed E-state index contributed by atoms with van der Waals surface area (Å²) in [6.45, 7) is 14.0. The third-order valence-electron chi connectivity index (χ3n) is 16.7. The van der Waals surface area contributed by atoms with E-state index in [1.165, 1.54) is 66.6 Å². The Hall–Kier alpha value is -5.88. The van der Waals surface area contributed by atoms with E-state index in [-0.39, 0.29) is 10.8 Å². The molecule has 7 aromatic carbocycles. The van der Waals surface area contributed by atoms with Gasteiger partial charge >= 0.3 is 0 Å². The molecule has 8 heteroatoms. The van der Waals surface area contributed by atoms with Gasteiger partial charge in [-0.1, -0.05) is 131 Å². The van der Waals surface area contributed by atoms with Gasteiger partial charge in [-0.05, 0) is 136 Å². The third-order valence-corrected chi connectivity index (χ3v) is 17.7. The largest absolute Gasteiger partial charge is 0.347 e. The summed E-state index contributed by atoms with van der Waals surface area (Å²) in [6, 6.07) is 43.4. The number of allylic oxidation sites excluding steroid dienone is 8. The van der Waals surface area contributed by atoms with Gasteiger partial charge in [-0.3, -0.25) is 0 Å². The molecular weight excluding hydrogens is 967 g/mol. The fourth-order valence-electron chi connectivity index (χ4n) is 13.4. The molecule has 0 spiro atoms. The molecule has 0 N–H and O–H groups in total. The van der Waals surface area contributed by atoms with Crippen molar-refractivity contribution in [3.63, 3.8) is 0 Å². The van der Waals surface area contributed by atoms with Crippen LogP contribution in [0.3, 0.4) is 0 Å². The molecule has 4 nitrogen and oxygen atoms in total. The lowest BCUT2D eigenvalue weighted by Crippen LogP contribution is -2.30. The number of halogens is 4. The maximum atomic E-state index is 7.21. The van der Waals surface area contributed by atoms with Crippen molar-refractivity contribution in [3.05, 3.63) is 223 Å². The topological polar surface area (TPSA) is 12.5 Å². The minimum Gasteiger partial charge on any atom is -0.347 e. The van der Waals surface area contributed by atoms with Crippen molar-refractivity contribution in [1.82, 2.24) is 0 Å². The van der Waals surface area contributed by atoms with Crippen molar-refractivity contribution in [2.45, 2.75) is 76.0 Å². The lowest BCUT2D eigenvalue weighted by Gasteiger charge is -2.30. The van der Waals surface area contributed by atoms with Crippen LogP contribution in [0.2, 0.25) is 20.1 Å². The zero-order valence-corrected chi connectivity index (χ0v) is 45.7. The van der Waals surface area contributed by atoms with E-state index in [2.05, 4.69) is 222 Å². The van der Waals surface area contributed by atoms with Gasteiger partial charge in [-0.15, -0.1) is 0 Å². The van der Waals surface area contributed by atoms with Crippen LogP contribution in [0.1, 0.15) is 74.9 Å². The number of nitrogens with zero attached hydrogens (tertiary/aromatic N) is 4. The second-order valence-electron chi connectivity index (χ2n) is 21.8. The molecule has 0 fully saturated rings. The van der Waals surface area contributed by atoms with Crippen molar-refractivity contribution >= 4 is 102 Å². The third kappa shape index (κ3) is 7.37. The Morgan fingerprint density at radius 3 is 1.24 bits per heavy atom. The van der Waals surface area contributed by atoms with Crippen LogP contribution in [0.4, 0.5) is 22.7 Å². The van der Waals surface area contributed by atoms with Crippen molar-refractivity contribution in [1.29, 1.82) is 0 Å². The van der Waals surface area contributed by atoms with E-state index < -0.39 is 10.8 Å². The minimum absolute atomic E-state index is 0.197. The molecule has 0 radical (unpaired) electrons. The number of hydrogen-bond acceptors (Lipinski definition) is 2. The highest BCUT2D eigenvalue weighted by atomic mass is 35.5. The molecule has 72 heavy (non-hydrogen) atoms. The fourth-order valence-corrected chi connectivity index (χ4v) is 14.8. The van der Waals surface area contributed by atoms with E-state index in [4.69, 9.17) is 46.4 Å². The van der Waals surface area contributed by atoms with E-state index in [0.29, 0.717) is 20.1 Å². The van der Waals surface area contributed by atoms with Crippen LogP contribution in [0.15, 0.2) is 169 Å². The van der Waals surface area contributed by atoms with Gasteiger partial charge in [-0.2, -0.15) is 9.15 Å². The summed E-state index contributed by atoms with van der Waals surface area (Å²) in [5.74, 6) is 0. The molecule has 4 heterocycles. The highest BCUT2D eigenvalue weighted by Crippen LogP contribution is 2.55. The predicted octanol–water partition coefficient (Wildman–Crippen LogP) is 16.8. The molecule has 4 aliphatic rings. The van der Waals surface area contributed by atoms with Gasteiger partial charge in [0.15, 0.2) is 11.4 Å². The average molecular weight is 1030 g/mol. The van der Waals surface area contributed by atoms with Crippen LogP contribution in [0.5, 0.6) is 0 Å². The molecule has 0 aromatic heterocycles. The highest BCUT2D eigenvalue weighted by Gasteiger charge is 2.48. The molecule has 4 aliphatic heterocycles. The lowest BCUT2D eigenvalue weighted by molar-refractivity contribution is -0.401. The zero-order valence-electron chi connectivity index (χ0n) is 42.7. The fraction of sp³-hybridized carbons (Fsp3) is 0.250. The minimum atomic E-state index is -0.457. The van der Waals surface area contributed by atoms with E-state index in [1.54, 1.807) is 0 Å². The summed E-state index contributed by atoms with van der Waals surface area (Å²) < 4.78 is 4.69. The van der Waals surface area contributed by atoms with E-state index in [1.807, 2.05) is 24.3 Å². The first kappa shape index (κ1) is 48.4. The van der Waals surface area contributed by atoms with Gasteiger partial charge in [0.1, 0.15) is 14.1 Å². The molecular formula is C64H60Cl4N4+2. The second-order valence-corrected chi connectivity index (χ2v) is 23.5. The van der Waals surface area contributed by atoms with Crippen LogP contribution >= 0.6 is 46.4 Å². The van der Waals surface area contributed by atoms with Crippen LogP contribution < -0.4 is 9.80 Å². The first-order valence-corrected chi connectivity index (χ1v) is 26.4. The van der Waals surface area contributed by atoms with Gasteiger partial charge in [0.2, 0.25) is 11.4 Å². The number of fused-ring (bicyclic) bond motifs is 8. The Labute approximate surface area is 445 Å². The Morgan fingerprint density at radius 1 is 0.472 bits per heavy atom. The summed E-state index contributed by atoms with van der Waals surface area (Å²) in [7, 11) is 8.62. The van der Waals surface area contributed by atoms with Crippen LogP contribution in [0.25, 0.3) is 21.5 Å². The Bertz CT molecular complexity index is 3420. The number of anilines is 2. The maximum Gasteiger partial charge on any atom is 0.210 e. The number of rotatable bonds is 8. The molecule has 0 saturated heterocycles. The normalized spacial score (nSPS) is 22.0. The van der Waals surface area contributed by atoms with Crippen LogP contribution in [-0.2, 0) is 34.5 Å². The van der Waals surface area contributed by atoms with Crippen molar-refractivity contribution < 1.29 is 9.15 Å². The number of hydrogen-bond donors (Lipinski definition) is 0. The standard InChI is InChI=1S/C64H60Cl4N4/c1-61(2)53(69(7)49-31-29-41-17-11-13-19-45(41)57(49)61)21-15-23-55-63(5,59-47(67)33-43(65)35-51(59)71(55)9)37-39-25-27-40(28-26-39)38-64(6)56(72(10)52-36-44(66)34-48(68)60(52)64)24-16-22-54-62(3,4)58-46-20-14-12-18-42(46)30-32-50(58)70(54)8/h11-36H,37-38H2,1-10H3/q+2. The average Bonchev–Trinajstić information content (AvgIpc) is 3.85. The molecule has 2 atom stereocenters. The summed E-state index contributed by atoms with van der Waals surface area (Å²) in [5.41, 5.74) is 15.4. The summed E-state index contributed by atoms with van der Waals surface area (Å²) >= 11 is 27.8. The quantitative estimate of drug-likeness (QED) is 0.141. The van der Waals surface area contributed by atoms with E-state index in [9.17, 15) is 0 Å². The highest BCUT2D eigenvalue weighted by molar-refractivity contribution is 6.36. The van der Waals surface area contributed by atoms with Crippen molar-refractivity contribution in [3.8, 4) is 0 Å². The molecule has 2 unspecified atom stereocenters. The first-order valence-electron chi connectivity index (χ1n) is 24.8. The zero-order chi connectivity index (χ0) is 50.8. The summed E-state index contributed by atoms with van der Waals surface area (Å²) in [4.78, 5) is 4.53. The summed E-state index contributed by atoms with van der Waals surface area (Å²) in [6.07, 6.45) is 15.0. The molecule has 0 bridgehead atoms. The predicted molar refractivity (Wildman–Crippen MR) is 308 cm³/mol. The van der Waals surface area contributed by atoms with Gasteiger partial charge in [-0.25, -0.2) is 0 Å². The molecule has 0 aliphatic carbocycles. The second kappa shape index (κ2) is 17.4. The van der Waals surface area contributed by atoms with Gasteiger partial charge < -0.3 is 9.80 Å². The Morgan fingerprint density at radius 2 is 0.847 bits per heavy atom. The van der Waals surface area contributed by atoms with Gasteiger partial charge in [0.05, 0.1) is 10.8 Å². The van der Waals surface area contributed by atoms with Gasteiger partial charge in [0.25, 0.3) is 0 Å². The lowest BCUT2D eigenvalue weighted by atomic mass is 9.74. The number of likely N-dealkylation sites (N-methyl/N-ethyl adjacent to an activating group) is 2. The SMILES string of the molecule is CN1/C(=C\C=C\C2=[N+](C)c3ccc4ccccc4c3C2(C)C)C(C)(Cc2ccc(CC3(C)/C(=C/C=C/C4=[N+](C)c5ccc6ccccc6c5C4(C)C)N(C)c4cc(Cl)cc(Cl)c43)cc2)c2c(Cl)cc(Cl)cc21. The van der Waals surface area contributed by atoms with E-state index in [0.717, 1.165) is 46.7 Å². The van der Waals surface area contributed by atoms with Crippen molar-refractivity contribution in [2.75, 3.05) is 38.0 Å². The van der Waals surface area contributed by atoms with Crippen molar-refractivity contribution in [2.24, 2.45) is 0 Å². The first-order chi connectivity index (χ1) is 34.2. The molecule has 11 rings (SSSR count). The maximum absolute atomic E-state index is 7.21. The van der Waals surface area contributed by atoms with E-state index >= 15 is 0 Å². The van der Waals surface area contributed by atoms with Crippen LogP contribution in [-0.4, -0.2) is 48.8 Å². The summed E-state index contributed by atoms with van der Waals surface area (Å²) in [5, 5.41) is 7.71.